The van der Waals surface area contributed by atoms with Crippen LogP contribution >= 0.6 is 0 Å². The molecule has 2 aromatic carbocycles. The minimum Gasteiger partial charge on any atom is -0.497 e. The molecule has 0 unspecified atom stereocenters. The van der Waals surface area contributed by atoms with Crippen LogP contribution in [0.4, 0.5) is 11.4 Å². The second kappa shape index (κ2) is 8.88. The first-order valence-corrected chi connectivity index (χ1v) is 8.97. The zero-order chi connectivity index (χ0) is 20.8. The van der Waals surface area contributed by atoms with E-state index in [0.717, 1.165) is 11.3 Å². The largest absolute Gasteiger partial charge is 0.497 e. The normalized spacial score (nSPS) is 10.3. The van der Waals surface area contributed by atoms with E-state index in [-0.39, 0.29) is 17.4 Å². The van der Waals surface area contributed by atoms with E-state index in [0.29, 0.717) is 23.5 Å². The Morgan fingerprint density at radius 2 is 1.52 bits per heavy atom. The first kappa shape index (κ1) is 19.9. The lowest BCUT2D eigenvalue weighted by molar-refractivity contribution is -0.114. The third-order valence-electron chi connectivity index (χ3n) is 4.22. The van der Waals surface area contributed by atoms with Crippen molar-refractivity contribution < 1.29 is 14.3 Å². The molecule has 0 radical (unpaired) electrons. The summed E-state index contributed by atoms with van der Waals surface area (Å²) in [6.45, 7) is 1.77. The first-order chi connectivity index (χ1) is 13.9. The number of amides is 2. The van der Waals surface area contributed by atoms with E-state index < -0.39 is 0 Å². The molecule has 29 heavy (non-hydrogen) atoms. The van der Waals surface area contributed by atoms with Gasteiger partial charge in [-0.2, -0.15) is 0 Å². The molecule has 2 N–H and O–H groups in total. The predicted octanol–water partition coefficient (Wildman–Crippen LogP) is 3.12. The van der Waals surface area contributed by atoms with Crippen LogP contribution in [0.25, 0.3) is 0 Å². The van der Waals surface area contributed by atoms with E-state index in [1.807, 2.05) is 24.3 Å². The molecule has 148 valence electrons. The van der Waals surface area contributed by atoms with Crippen molar-refractivity contribution in [3.05, 3.63) is 88.3 Å². The Bertz CT molecular complexity index is 1070. The van der Waals surface area contributed by atoms with Crippen LogP contribution in [0.3, 0.4) is 0 Å². The average molecular weight is 391 g/mol. The number of rotatable bonds is 6. The number of carbonyl (C=O) groups excluding carboxylic acids is 2. The minimum atomic E-state index is -0.333. The summed E-state index contributed by atoms with van der Waals surface area (Å²) in [6.07, 6.45) is 1.54. The maximum atomic E-state index is 12.6. The van der Waals surface area contributed by atoms with Gasteiger partial charge in [-0.25, -0.2) is 0 Å². The fourth-order valence-electron chi connectivity index (χ4n) is 2.76. The molecular formula is C22H21N3O4. The van der Waals surface area contributed by atoms with Gasteiger partial charge in [0, 0.05) is 30.6 Å². The minimum absolute atomic E-state index is 0.166. The molecule has 0 saturated heterocycles. The van der Waals surface area contributed by atoms with Crippen molar-refractivity contribution in [3.63, 3.8) is 0 Å². The number of hydrogen-bond donors (Lipinski definition) is 2. The summed E-state index contributed by atoms with van der Waals surface area (Å²) in [5.41, 5.74) is 2.31. The molecule has 0 fully saturated rings. The summed E-state index contributed by atoms with van der Waals surface area (Å²) in [5.74, 6) is 0.236. The number of methoxy groups -OCH3 is 1. The zero-order valence-electron chi connectivity index (χ0n) is 16.1. The van der Waals surface area contributed by atoms with Crippen molar-refractivity contribution >= 4 is 23.2 Å². The summed E-state index contributed by atoms with van der Waals surface area (Å²) < 4.78 is 6.62. The predicted molar refractivity (Wildman–Crippen MR) is 111 cm³/mol. The smallest absolute Gasteiger partial charge is 0.257 e. The molecule has 0 aliphatic heterocycles. The van der Waals surface area contributed by atoms with Gasteiger partial charge in [-0.05, 0) is 48.0 Å². The number of aromatic nitrogens is 1. The topological polar surface area (TPSA) is 89.4 Å². The van der Waals surface area contributed by atoms with Gasteiger partial charge < -0.3 is 19.9 Å². The van der Waals surface area contributed by atoms with Gasteiger partial charge >= 0.3 is 0 Å². The Balaban J connectivity index is 1.73. The molecule has 1 aromatic heterocycles. The number of pyridine rings is 1. The second-order valence-electron chi connectivity index (χ2n) is 6.44. The number of hydrogen-bond acceptors (Lipinski definition) is 4. The lowest BCUT2D eigenvalue weighted by Gasteiger charge is -2.10. The van der Waals surface area contributed by atoms with E-state index in [1.54, 1.807) is 31.4 Å². The average Bonchev–Trinajstić information content (AvgIpc) is 2.71. The van der Waals surface area contributed by atoms with Gasteiger partial charge in [0.15, 0.2) is 0 Å². The van der Waals surface area contributed by atoms with Crippen molar-refractivity contribution in [2.24, 2.45) is 0 Å². The maximum absolute atomic E-state index is 12.6. The number of nitrogens with one attached hydrogen (secondary N) is 2. The van der Waals surface area contributed by atoms with Crippen LogP contribution in [0.1, 0.15) is 22.8 Å². The van der Waals surface area contributed by atoms with E-state index in [1.165, 1.54) is 29.8 Å². The van der Waals surface area contributed by atoms with Gasteiger partial charge in [-0.15, -0.1) is 0 Å². The third kappa shape index (κ3) is 5.32. The van der Waals surface area contributed by atoms with Crippen LogP contribution in [-0.2, 0) is 11.3 Å². The molecule has 0 bridgehead atoms. The molecule has 0 saturated carbocycles. The first-order valence-electron chi connectivity index (χ1n) is 8.97. The summed E-state index contributed by atoms with van der Waals surface area (Å²) in [5, 5.41) is 5.44. The molecular weight excluding hydrogens is 370 g/mol. The number of ether oxygens (including phenoxy) is 1. The molecule has 3 rings (SSSR count). The summed E-state index contributed by atoms with van der Waals surface area (Å²) in [7, 11) is 1.59. The monoisotopic (exact) mass is 391 g/mol. The van der Waals surface area contributed by atoms with Crippen LogP contribution in [-0.4, -0.2) is 23.5 Å². The fraction of sp³-hybridized carbons (Fsp3) is 0.136. The number of anilines is 2. The van der Waals surface area contributed by atoms with Crippen LogP contribution < -0.4 is 20.9 Å². The van der Waals surface area contributed by atoms with Gasteiger partial charge in [-0.3, -0.25) is 14.4 Å². The molecule has 1 heterocycles. The lowest BCUT2D eigenvalue weighted by Crippen LogP contribution is -2.22. The highest BCUT2D eigenvalue weighted by Crippen LogP contribution is 2.15. The highest BCUT2D eigenvalue weighted by molar-refractivity contribution is 6.04. The van der Waals surface area contributed by atoms with Gasteiger partial charge in [0.2, 0.25) is 5.91 Å². The maximum Gasteiger partial charge on any atom is 0.257 e. The van der Waals surface area contributed by atoms with Gasteiger partial charge in [0.05, 0.1) is 19.2 Å². The van der Waals surface area contributed by atoms with Gasteiger partial charge in [-0.1, -0.05) is 12.1 Å². The quantitative estimate of drug-likeness (QED) is 0.676. The molecule has 7 heteroatoms. The van der Waals surface area contributed by atoms with E-state index in [2.05, 4.69) is 10.6 Å². The van der Waals surface area contributed by atoms with Crippen LogP contribution in [0.15, 0.2) is 71.7 Å². The molecule has 2 amide bonds. The van der Waals surface area contributed by atoms with E-state index in [4.69, 9.17) is 4.74 Å². The van der Waals surface area contributed by atoms with Crippen LogP contribution in [0, 0.1) is 0 Å². The number of benzene rings is 2. The molecule has 0 spiro atoms. The summed E-state index contributed by atoms with van der Waals surface area (Å²) >= 11 is 0. The Kier molecular flexibility index (Phi) is 6.09. The third-order valence-corrected chi connectivity index (χ3v) is 4.22. The summed E-state index contributed by atoms with van der Waals surface area (Å²) in [4.78, 5) is 35.8. The SMILES string of the molecule is COc1ccc(Cn2cc(C(=O)Nc3ccc(NC(C)=O)cc3)ccc2=O)cc1. The highest BCUT2D eigenvalue weighted by Gasteiger charge is 2.09. The lowest BCUT2D eigenvalue weighted by atomic mass is 10.2. The Hall–Kier alpha value is -3.87. The van der Waals surface area contributed by atoms with Crippen molar-refractivity contribution in [2.45, 2.75) is 13.5 Å². The van der Waals surface area contributed by atoms with Gasteiger partial charge in [0.1, 0.15) is 5.75 Å². The standard InChI is InChI=1S/C22H21N3O4/c1-15(26)23-18-6-8-19(9-7-18)24-22(28)17-5-12-21(27)25(14-17)13-16-3-10-20(29-2)11-4-16/h3-12,14H,13H2,1-2H3,(H,23,26)(H,24,28). The van der Waals surface area contributed by atoms with Crippen molar-refractivity contribution in [1.29, 1.82) is 0 Å². The van der Waals surface area contributed by atoms with Crippen molar-refractivity contribution in [2.75, 3.05) is 17.7 Å². The summed E-state index contributed by atoms with van der Waals surface area (Å²) in [6, 6.07) is 17.0. The Morgan fingerprint density at radius 3 is 2.10 bits per heavy atom. The number of carbonyl (C=O) groups is 2. The van der Waals surface area contributed by atoms with E-state index >= 15 is 0 Å². The molecule has 0 aliphatic rings. The molecule has 0 atom stereocenters. The Labute approximate surface area is 167 Å². The Morgan fingerprint density at radius 1 is 0.897 bits per heavy atom. The molecule has 7 nitrogen and oxygen atoms in total. The molecule has 0 aliphatic carbocycles. The fourth-order valence-corrected chi connectivity index (χ4v) is 2.76. The van der Waals surface area contributed by atoms with Gasteiger partial charge in [0.25, 0.3) is 11.5 Å². The van der Waals surface area contributed by atoms with Crippen LogP contribution in [0.5, 0.6) is 5.75 Å². The second-order valence-corrected chi connectivity index (χ2v) is 6.44. The van der Waals surface area contributed by atoms with E-state index in [9.17, 15) is 14.4 Å². The highest BCUT2D eigenvalue weighted by atomic mass is 16.5. The zero-order valence-corrected chi connectivity index (χ0v) is 16.1. The van der Waals surface area contributed by atoms with Crippen molar-refractivity contribution in [1.82, 2.24) is 4.57 Å². The number of nitrogens with zero attached hydrogens (tertiary/aromatic N) is 1. The van der Waals surface area contributed by atoms with Crippen molar-refractivity contribution in [3.8, 4) is 5.75 Å². The van der Waals surface area contributed by atoms with Crippen LogP contribution in [0.2, 0.25) is 0 Å². The molecule has 3 aromatic rings.